The van der Waals surface area contributed by atoms with E-state index in [0.717, 1.165) is 17.6 Å². The van der Waals surface area contributed by atoms with Crippen LogP contribution in [0.2, 0.25) is 5.02 Å². The van der Waals surface area contributed by atoms with E-state index in [9.17, 15) is 9.59 Å². The Labute approximate surface area is 182 Å². The lowest BCUT2D eigenvalue weighted by molar-refractivity contribution is 0.0635. The molecule has 10 heteroatoms. The molecular weight excluding hydrogens is 462 g/mol. The fraction of sp³-hybridized carbons (Fsp3) is 0.421. The van der Waals surface area contributed by atoms with E-state index < -0.39 is 0 Å². The van der Waals surface area contributed by atoms with Crippen molar-refractivity contribution in [1.82, 2.24) is 24.9 Å². The molecule has 0 bridgehead atoms. The molecule has 0 atom stereocenters. The third kappa shape index (κ3) is 5.29. The average Bonchev–Trinajstić information content (AvgIpc) is 3.10. The van der Waals surface area contributed by atoms with Crippen LogP contribution < -0.4 is 10.1 Å². The standard InChI is InChI=1S/C19H23BrClN5O3/c1-24-12-15(18(23-24)29-2)19(28)26-9-7-25(8-10-26)6-5-22-17(27)14-11-13(20)3-4-16(14)21/h3-4,11-12H,5-10H2,1-2H3,(H,22,27). The van der Waals surface area contributed by atoms with Gasteiger partial charge in [-0.1, -0.05) is 27.5 Å². The van der Waals surface area contributed by atoms with Crippen LogP contribution in [0.4, 0.5) is 0 Å². The second-order valence-electron chi connectivity index (χ2n) is 6.74. The van der Waals surface area contributed by atoms with Gasteiger partial charge < -0.3 is 15.0 Å². The first kappa shape index (κ1) is 21.6. The number of halogens is 2. The maximum atomic E-state index is 12.7. The maximum Gasteiger partial charge on any atom is 0.261 e. The van der Waals surface area contributed by atoms with Gasteiger partial charge in [0.25, 0.3) is 11.8 Å². The molecule has 0 unspecified atom stereocenters. The van der Waals surface area contributed by atoms with E-state index in [1.807, 2.05) is 0 Å². The molecular formula is C19H23BrClN5O3. The quantitative estimate of drug-likeness (QED) is 0.679. The number of aryl methyl sites for hydroxylation is 1. The molecule has 1 aliphatic heterocycles. The summed E-state index contributed by atoms with van der Waals surface area (Å²) in [6, 6.07) is 5.18. The second-order valence-corrected chi connectivity index (χ2v) is 8.06. The highest BCUT2D eigenvalue weighted by molar-refractivity contribution is 9.10. The number of nitrogens with zero attached hydrogens (tertiary/aromatic N) is 4. The van der Waals surface area contributed by atoms with Crippen molar-refractivity contribution in [1.29, 1.82) is 0 Å². The van der Waals surface area contributed by atoms with Gasteiger partial charge in [-0.2, -0.15) is 0 Å². The summed E-state index contributed by atoms with van der Waals surface area (Å²) < 4.78 is 7.56. The molecule has 8 nitrogen and oxygen atoms in total. The zero-order valence-electron chi connectivity index (χ0n) is 16.3. The van der Waals surface area contributed by atoms with Crippen molar-refractivity contribution in [3.05, 3.63) is 45.0 Å². The minimum absolute atomic E-state index is 0.0767. The largest absolute Gasteiger partial charge is 0.479 e. The van der Waals surface area contributed by atoms with Crippen LogP contribution in [0.5, 0.6) is 5.88 Å². The van der Waals surface area contributed by atoms with Gasteiger partial charge in [0.15, 0.2) is 0 Å². The van der Waals surface area contributed by atoms with E-state index in [1.54, 1.807) is 41.0 Å². The van der Waals surface area contributed by atoms with Gasteiger partial charge in [-0.05, 0) is 18.2 Å². The molecule has 0 spiro atoms. The van der Waals surface area contributed by atoms with Gasteiger partial charge in [0.2, 0.25) is 5.88 Å². The number of ether oxygens (including phenoxy) is 1. The minimum atomic E-state index is -0.200. The van der Waals surface area contributed by atoms with Crippen molar-refractivity contribution in [2.45, 2.75) is 0 Å². The average molecular weight is 485 g/mol. The van der Waals surface area contributed by atoms with Crippen molar-refractivity contribution >= 4 is 39.3 Å². The summed E-state index contributed by atoms with van der Waals surface area (Å²) in [5, 5.41) is 7.46. The van der Waals surface area contributed by atoms with E-state index in [2.05, 4.69) is 31.2 Å². The molecule has 2 aromatic rings. The first-order valence-electron chi connectivity index (χ1n) is 9.21. The molecule has 1 saturated heterocycles. The molecule has 3 rings (SSSR count). The Balaban J connectivity index is 1.46. The molecule has 0 saturated carbocycles. The predicted octanol–water partition coefficient (Wildman–Crippen LogP) is 2.03. The number of hydrogen-bond donors (Lipinski definition) is 1. The van der Waals surface area contributed by atoms with Crippen molar-refractivity contribution in [3.63, 3.8) is 0 Å². The summed E-state index contributed by atoms with van der Waals surface area (Å²) in [4.78, 5) is 29.0. The van der Waals surface area contributed by atoms with Crippen LogP contribution >= 0.6 is 27.5 Å². The van der Waals surface area contributed by atoms with Crippen LogP contribution in [-0.2, 0) is 7.05 Å². The van der Waals surface area contributed by atoms with E-state index in [1.165, 1.54) is 7.11 Å². The van der Waals surface area contributed by atoms with Crippen molar-refractivity contribution in [2.24, 2.45) is 7.05 Å². The number of nitrogens with one attached hydrogen (secondary N) is 1. The summed E-state index contributed by atoms with van der Waals surface area (Å²) >= 11 is 9.44. The number of hydrogen-bond acceptors (Lipinski definition) is 5. The van der Waals surface area contributed by atoms with Crippen LogP contribution in [-0.4, -0.2) is 77.8 Å². The van der Waals surface area contributed by atoms with Gasteiger partial charge in [0.05, 0.1) is 17.7 Å². The first-order chi connectivity index (χ1) is 13.9. The van der Waals surface area contributed by atoms with E-state index >= 15 is 0 Å². The molecule has 2 heterocycles. The number of methoxy groups -OCH3 is 1. The number of aromatic nitrogens is 2. The van der Waals surface area contributed by atoms with Gasteiger partial charge in [-0.15, -0.1) is 5.10 Å². The number of rotatable bonds is 6. The van der Waals surface area contributed by atoms with Crippen molar-refractivity contribution < 1.29 is 14.3 Å². The first-order valence-corrected chi connectivity index (χ1v) is 10.4. The molecule has 1 fully saturated rings. The Kier molecular flexibility index (Phi) is 7.15. The normalized spacial score (nSPS) is 14.7. The van der Waals surface area contributed by atoms with Crippen LogP contribution in [0.25, 0.3) is 0 Å². The molecule has 29 heavy (non-hydrogen) atoms. The summed E-state index contributed by atoms with van der Waals surface area (Å²) in [6.07, 6.45) is 1.68. The second kappa shape index (κ2) is 9.60. The van der Waals surface area contributed by atoms with Crippen LogP contribution in [0.3, 0.4) is 0 Å². The number of piperazine rings is 1. The Morgan fingerprint density at radius 1 is 1.24 bits per heavy atom. The molecule has 1 aliphatic rings. The highest BCUT2D eigenvalue weighted by Crippen LogP contribution is 2.21. The van der Waals surface area contributed by atoms with Gasteiger partial charge in [0.1, 0.15) is 5.56 Å². The highest BCUT2D eigenvalue weighted by Gasteiger charge is 2.26. The van der Waals surface area contributed by atoms with E-state index in [-0.39, 0.29) is 11.8 Å². The maximum absolute atomic E-state index is 12.7. The van der Waals surface area contributed by atoms with Gasteiger partial charge >= 0.3 is 0 Å². The van der Waals surface area contributed by atoms with Crippen LogP contribution in [0.1, 0.15) is 20.7 Å². The van der Waals surface area contributed by atoms with Crippen LogP contribution in [0, 0.1) is 0 Å². The Morgan fingerprint density at radius 2 is 1.97 bits per heavy atom. The lowest BCUT2D eigenvalue weighted by atomic mass is 10.2. The van der Waals surface area contributed by atoms with Gasteiger partial charge in [-0.25, -0.2) is 0 Å². The lowest BCUT2D eigenvalue weighted by Crippen LogP contribution is -2.50. The molecule has 0 aliphatic carbocycles. The highest BCUT2D eigenvalue weighted by atomic mass is 79.9. The molecule has 156 valence electrons. The summed E-state index contributed by atoms with van der Waals surface area (Å²) in [7, 11) is 3.26. The smallest absolute Gasteiger partial charge is 0.261 e. The zero-order valence-corrected chi connectivity index (χ0v) is 18.7. The SMILES string of the molecule is COc1nn(C)cc1C(=O)N1CCN(CCNC(=O)c2cc(Br)ccc2Cl)CC1. The number of amides is 2. The minimum Gasteiger partial charge on any atom is -0.479 e. The Bertz CT molecular complexity index is 896. The van der Waals surface area contributed by atoms with E-state index in [4.69, 9.17) is 16.3 Å². The summed E-state index contributed by atoms with van der Waals surface area (Å²) in [6.45, 7) is 3.91. The summed E-state index contributed by atoms with van der Waals surface area (Å²) in [5.74, 6) is 0.0647. The zero-order chi connectivity index (χ0) is 21.0. The molecule has 1 aromatic heterocycles. The van der Waals surface area contributed by atoms with Gasteiger partial charge in [0, 0.05) is 57.0 Å². The molecule has 1 aromatic carbocycles. The molecule has 1 N–H and O–H groups in total. The molecule has 0 radical (unpaired) electrons. The van der Waals surface area contributed by atoms with E-state index in [0.29, 0.717) is 48.2 Å². The monoisotopic (exact) mass is 483 g/mol. The van der Waals surface area contributed by atoms with Crippen LogP contribution in [0.15, 0.2) is 28.9 Å². The number of carbonyl (C=O) groups is 2. The molecule has 2 amide bonds. The lowest BCUT2D eigenvalue weighted by Gasteiger charge is -2.34. The topological polar surface area (TPSA) is 79.7 Å². The van der Waals surface area contributed by atoms with Crippen molar-refractivity contribution in [3.8, 4) is 5.88 Å². The fourth-order valence-electron chi connectivity index (χ4n) is 3.20. The predicted molar refractivity (Wildman–Crippen MR) is 114 cm³/mol. The van der Waals surface area contributed by atoms with Crippen molar-refractivity contribution in [2.75, 3.05) is 46.4 Å². The third-order valence-electron chi connectivity index (χ3n) is 4.76. The third-order valence-corrected chi connectivity index (χ3v) is 5.59. The number of benzene rings is 1. The Morgan fingerprint density at radius 3 is 2.66 bits per heavy atom. The fourth-order valence-corrected chi connectivity index (χ4v) is 3.77. The Hall–Kier alpha value is -2.10. The van der Waals surface area contributed by atoms with Gasteiger partial charge in [-0.3, -0.25) is 19.2 Å². The number of carbonyl (C=O) groups excluding carboxylic acids is 2. The summed E-state index contributed by atoms with van der Waals surface area (Å²) in [5.41, 5.74) is 0.920.